The van der Waals surface area contributed by atoms with Gasteiger partial charge in [-0.1, -0.05) is 0 Å². The molecule has 0 saturated carbocycles. The van der Waals surface area contributed by atoms with Crippen LogP contribution in [0.25, 0.3) is 11.1 Å². The molecular weight excluding hydrogens is 242 g/mol. The molecule has 0 aliphatic carbocycles. The van der Waals surface area contributed by atoms with Gasteiger partial charge in [-0.25, -0.2) is 0 Å². The number of aromatic nitrogens is 1. The Kier molecular flexibility index (Phi) is 3.29. The molecular formula is C14H19N3O2. The van der Waals surface area contributed by atoms with Crippen molar-refractivity contribution in [1.82, 2.24) is 4.98 Å². The molecule has 1 aliphatic heterocycles. The first-order valence-corrected chi connectivity index (χ1v) is 6.81. The van der Waals surface area contributed by atoms with Gasteiger partial charge in [0, 0.05) is 24.9 Å². The second-order valence-corrected chi connectivity index (χ2v) is 5.08. The Balaban J connectivity index is 1.86. The number of hydrogen-bond donors (Lipinski definition) is 2. The van der Waals surface area contributed by atoms with E-state index in [1.54, 1.807) is 0 Å². The summed E-state index contributed by atoms with van der Waals surface area (Å²) in [5.74, 6) is 0. The Morgan fingerprint density at radius 3 is 3.21 bits per heavy atom. The van der Waals surface area contributed by atoms with Crippen molar-refractivity contribution in [3.8, 4) is 0 Å². The highest BCUT2D eigenvalue weighted by atomic mass is 16.4. The zero-order chi connectivity index (χ0) is 13.2. The summed E-state index contributed by atoms with van der Waals surface area (Å²) in [5.41, 5.74) is 8.04. The minimum absolute atomic E-state index is 0.244. The van der Waals surface area contributed by atoms with Gasteiger partial charge in [-0.2, -0.15) is 4.98 Å². The van der Waals surface area contributed by atoms with E-state index in [4.69, 9.17) is 15.3 Å². The van der Waals surface area contributed by atoms with Gasteiger partial charge in [0.25, 0.3) is 6.01 Å². The van der Waals surface area contributed by atoms with Crippen molar-refractivity contribution in [2.24, 2.45) is 0 Å². The van der Waals surface area contributed by atoms with Crippen molar-refractivity contribution < 1.29 is 9.52 Å². The standard InChI is InChI=1S/C14H19N3O2/c15-10-5-6-13-12(9-10)16-14(19-13)17-7-1-3-11(17)4-2-8-18/h5-6,9,11,18H,1-4,7-8,15H2. The Hall–Kier alpha value is -1.75. The number of nitrogens with two attached hydrogens (primary N) is 1. The summed E-state index contributed by atoms with van der Waals surface area (Å²) in [6, 6.07) is 6.63. The van der Waals surface area contributed by atoms with E-state index in [9.17, 15) is 0 Å². The third-order valence-electron chi connectivity index (χ3n) is 3.72. The van der Waals surface area contributed by atoms with E-state index in [0.717, 1.165) is 43.3 Å². The lowest BCUT2D eigenvalue weighted by molar-refractivity contribution is 0.279. The third-order valence-corrected chi connectivity index (χ3v) is 3.72. The lowest BCUT2D eigenvalue weighted by atomic mass is 10.1. The van der Waals surface area contributed by atoms with Crippen LogP contribution < -0.4 is 10.6 Å². The van der Waals surface area contributed by atoms with Crippen molar-refractivity contribution in [3.05, 3.63) is 18.2 Å². The van der Waals surface area contributed by atoms with Crippen LogP contribution in [0.5, 0.6) is 0 Å². The lowest BCUT2D eigenvalue weighted by Crippen LogP contribution is -2.29. The van der Waals surface area contributed by atoms with Crippen LogP contribution in [0.2, 0.25) is 0 Å². The molecule has 102 valence electrons. The summed E-state index contributed by atoms with van der Waals surface area (Å²) < 4.78 is 5.81. The first-order chi connectivity index (χ1) is 9.28. The van der Waals surface area contributed by atoms with E-state index < -0.39 is 0 Å². The molecule has 19 heavy (non-hydrogen) atoms. The number of nitrogens with zero attached hydrogens (tertiary/aromatic N) is 2. The average Bonchev–Trinajstić information content (AvgIpc) is 3.01. The molecule has 3 rings (SSSR count). The van der Waals surface area contributed by atoms with E-state index in [2.05, 4.69) is 9.88 Å². The molecule has 3 N–H and O–H groups in total. The van der Waals surface area contributed by atoms with Crippen molar-refractivity contribution in [1.29, 1.82) is 0 Å². The van der Waals surface area contributed by atoms with E-state index in [1.165, 1.54) is 0 Å². The Bertz CT molecular complexity index is 567. The maximum atomic E-state index is 8.96. The lowest BCUT2D eigenvalue weighted by Gasteiger charge is -2.22. The summed E-state index contributed by atoms with van der Waals surface area (Å²) in [6.45, 7) is 1.22. The van der Waals surface area contributed by atoms with Crippen molar-refractivity contribution in [3.63, 3.8) is 0 Å². The van der Waals surface area contributed by atoms with Crippen LogP contribution in [0.15, 0.2) is 22.6 Å². The Labute approximate surface area is 112 Å². The van der Waals surface area contributed by atoms with Crippen LogP contribution in [-0.2, 0) is 0 Å². The van der Waals surface area contributed by atoms with Crippen LogP contribution in [0.4, 0.5) is 11.7 Å². The van der Waals surface area contributed by atoms with Crippen LogP contribution in [0.1, 0.15) is 25.7 Å². The van der Waals surface area contributed by atoms with Gasteiger partial charge in [0.15, 0.2) is 5.58 Å². The van der Waals surface area contributed by atoms with Gasteiger partial charge in [0.1, 0.15) is 5.52 Å². The van der Waals surface area contributed by atoms with Crippen molar-refractivity contribution in [2.45, 2.75) is 31.7 Å². The number of fused-ring (bicyclic) bond motifs is 1. The maximum Gasteiger partial charge on any atom is 0.298 e. The Morgan fingerprint density at radius 2 is 2.37 bits per heavy atom. The fourth-order valence-corrected chi connectivity index (χ4v) is 2.77. The summed E-state index contributed by atoms with van der Waals surface area (Å²) >= 11 is 0. The number of hydrogen-bond acceptors (Lipinski definition) is 5. The smallest absolute Gasteiger partial charge is 0.298 e. The Morgan fingerprint density at radius 1 is 1.47 bits per heavy atom. The molecule has 5 heteroatoms. The van der Waals surface area contributed by atoms with Gasteiger partial charge in [0.2, 0.25) is 0 Å². The number of anilines is 2. The normalized spacial score (nSPS) is 19.4. The highest BCUT2D eigenvalue weighted by molar-refractivity contribution is 5.78. The largest absolute Gasteiger partial charge is 0.423 e. The van der Waals surface area contributed by atoms with Crippen molar-refractivity contribution in [2.75, 3.05) is 23.8 Å². The molecule has 1 fully saturated rings. The SMILES string of the molecule is Nc1ccc2oc(N3CCCC3CCCO)nc2c1. The van der Waals surface area contributed by atoms with Crippen LogP contribution in [0, 0.1) is 0 Å². The van der Waals surface area contributed by atoms with Crippen molar-refractivity contribution >= 4 is 22.8 Å². The molecule has 1 aliphatic rings. The highest BCUT2D eigenvalue weighted by Gasteiger charge is 2.27. The molecule has 1 aromatic carbocycles. The summed E-state index contributed by atoms with van der Waals surface area (Å²) in [4.78, 5) is 6.74. The second kappa shape index (κ2) is 5.09. The monoisotopic (exact) mass is 261 g/mol. The number of oxazole rings is 1. The number of benzene rings is 1. The molecule has 2 aromatic rings. The first kappa shape index (κ1) is 12.3. The topological polar surface area (TPSA) is 75.5 Å². The fourth-order valence-electron chi connectivity index (χ4n) is 2.77. The van der Waals surface area contributed by atoms with Gasteiger partial charge >= 0.3 is 0 Å². The molecule has 0 amide bonds. The molecule has 1 aromatic heterocycles. The molecule has 0 spiro atoms. The van der Waals surface area contributed by atoms with E-state index >= 15 is 0 Å². The van der Waals surface area contributed by atoms with Gasteiger partial charge in [-0.3, -0.25) is 0 Å². The quantitative estimate of drug-likeness (QED) is 0.825. The number of nitrogen functional groups attached to an aromatic ring is 1. The van der Waals surface area contributed by atoms with E-state index in [0.29, 0.717) is 17.7 Å². The first-order valence-electron chi connectivity index (χ1n) is 6.81. The molecule has 1 atom stereocenters. The second-order valence-electron chi connectivity index (χ2n) is 5.08. The molecule has 1 saturated heterocycles. The van der Waals surface area contributed by atoms with E-state index in [-0.39, 0.29) is 6.61 Å². The van der Waals surface area contributed by atoms with Gasteiger partial charge in [0.05, 0.1) is 0 Å². The van der Waals surface area contributed by atoms with Gasteiger partial charge < -0.3 is 20.2 Å². The summed E-state index contributed by atoms with van der Waals surface area (Å²) in [6.07, 6.45) is 4.10. The fraction of sp³-hybridized carbons (Fsp3) is 0.500. The molecule has 0 bridgehead atoms. The van der Waals surface area contributed by atoms with Gasteiger partial charge in [-0.05, 0) is 43.9 Å². The number of aliphatic hydroxyl groups is 1. The van der Waals surface area contributed by atoms with Crippen LogP contribution in [-0.4, -0.2) is 29.3 Å². The zero-order valence-corrected chi connectivity index (χ0v) is 10.9. The minimum Gasteiger partial charge on any atom is -0.423 e. The summed E-state index contributed by atoms with van der Waals surface area (Å²) in [7, 11) is 0. The molecule has 5 nitrogen and oxygen atoms in total. The summed E-state index contributed by atoms with van der Waals surface area (Å²) in [5, 5.41) is 8.96. The van der Waals surface area contributed by atoms with Gasteiger partial charge in [-0.15, -0.1) is 0 Å². The maximum absolute atomic E-state index is 8.96. The predicted octanol–water partition coefficient (Wildman–Crippen LogP) is 2.15. The minimum atomic E-state index is 0.244. The zero-order valence-electron chi connectivity index (χ0n) is 10.9. The molecule has 2 heterocycles. The predicted molar refractivity (Wildman–Crippen MR) is 75.1 cm³/mol. The average molecular weight is 261 g/mol. The molecule has 0 radical (unpaired) electrons. The van der Waals surface area contributed by atoms with E-state index in [1.807, 2.05) is 18.2 Å². The highest BCUT2D eigenvalue weighted by Crippen LogP contribution is 2.30. The number of rotatable bonds is 4. The van der Waals surface area contributed by atoms with Crippen LogP contribution >= 0.6 is 0 Å². The number of aliphatic hydroxyl groups excluding tert-OH is 1. The van der Waals surface area contributed by atoms with Crippen LogP contribution in [0.3, 0.4) is 0 Å². The molecule has 1 unspecified atom stereocenters. The third kappa shape index (κ3) is 2.38.